The Morgan fingerprint density at radius 1 is 0.281 bits per heavy atom. The molecule has 3 heterocycles. The number of hydrogen-bond acceptors (Lipinski definition) is 1. The predicted molar refractivity (Wildman–Crippen MR) is 239 cm³/mol. The second-order valence-corrected chi connectivity index (χ2v) is 14.9. The SMILES string of the molecule is c1ccc(-c2cc(-c3cccc4oc5ccccc5c34)cc(-n3c4ccccc4c4cc(-c5ccc6c(c5)c5ccccc5n6-c5ccccc5)ccc43)c2)cc1. The summed E-state index contributed by atoms with van der Waals surface area (Å²) in [7, 11) is 0. The van der Waals surface area contributed by atoms with E-state index in [1.54, 1.807) is 0 Å². The van der Waals surface area contributed by atoms with Gasteiger partial charge in [0.1, 0.15) is 11.2 Å². The maximum absolute atomic E-state index is 6.35. The average Bonchev–Trinajstić information content (AvgIpc) is 3.94. The Morgan fingerprint density at radius 2 is 0.807 bits per heavy atom. The van der Waals surface area contributed by atoms with Gasteiger partial charge in [-0.05, 0) is 112 Å². The zero-order valence-electron chi connectivity index (χ0n) is 30.9. The Bertz CT molecular complexity index is 3510. The lowest BCUT2D eigenvalue weighted by atomic mass is 9.95. The summed E-state index contributed by atoms with van der Waals surface area (Å²) in [4.78, 5) is 0. The molecule has 0 saturated heterocycles. The third kappa shape index (κ3) is 4.92. The van der Waals surface area contributed by atoms with Crippen molar-refractivity contribution >= 4 is 65.6 Å². The molecule has 0 aliphatic carbocycles. The Hall–Kier alpha value is -7.62. The van der Waals surface area contributed by atoms with Crippen LogP contribution >= 0.6 is 0 Å². The summed E-state index contributed by atoms with van der Waals surface area (Å²) in [5.41, 5.74) is 15.9. The minimum Gasteiger partial charge on any atom is -0.456 e. The first-order valence-corrected chi connectivity index (χ1v) is 19.5. The largest absolute Gasteiger partial charge is 0.456 e. The quantitative estimate of drug-likeness (QED) is 0.173. The van der Waals surface area contributed by atoms with Crippen molar-refractivity contribution in [3.05, 3.63) is 206 Å². The highest BCUT2D eigenvalue weighted by atomic mass is 16.3. The van der Waals surface area contributed by atoms with Crippen LogP contribution < -0.4 is 0 Å². The summed E-state index contributed by atoms with van der Waals surface area (Å²) in [5.74, 6) is 0. The van der Waals surface area contributed by atoms with Gasteiger partial charge < -0.3 is 13.6 Å². The first-order valence-electron chi connectivity index (χ1n) is 19.5. The van der Waals surface area contributed by atoms with Crippen molar-refractivity contribution in [1.29, 1.82) is 0 Å². The number of nitrogens with zero attached hydrogens (tertiary/aromatic N) is 2. The van der Waals surface area contributed by atoms with Crippen molar-refractivity contribution in [3.63, 3.8) is 0 Å². The van der Waals surface area contributed by atoms with Gasteiger partial charge >= 0.3 is 0 Å². The number of hydrogen-bond donors (Lipinski definition) is 0. The van der Waals surface area contributed by atoms with Crippen LogP contribution in [0.5, 0.6) is 0 Å². The number of rotatable bonds is 5. The minimum absolute atomic E-state index is 0.896. The molecule has 0 bridgehead atoms. The third-order valence-corrected chi connectivity index (χ3v) is 11.7. The smallest absolute Gasteiger partial charge is 0.136 e. The fourth-order valence-electron chi connectivity index (χ4n) is 9.15. The van der Waals surface area contributed by atoms with E-state index in [0.717, 1.165) is 38.8 Å². The lowest BCUT2D eigenvalue weighted by Crippen LogP contribution is -1.96. The Labute approximate surface area is 328 Å². The highest BCUT2D eigenvalue weighted by Crippen LogP contribution is 2.42. The number of aromatic nitrogens is 2. The van der Waals surface area contributed by atoms with Gasteiger partial charge in [-0.3, -0.25) is 0 Å². The van der Waals surface area contributed by atoms with Gasteiger partial charge in [-0.15, -0.1) is 0 Å². The first-order chi connectivity index (χ1) is 28.3. The highest BCUT2D eigenvalue weighted by molar-refractivity contribution is 6.14. The molecule has 12 rings (SSSR count). The number of para-hydroxylation sites is 4. The molecule has 0 N–H and O–H groups in total. The van der Waals surface area contributed by atoms with Crippen molar-refractivity contribution < 1.29 is 4.42 Å². The van der Waals surface area contributed by atoms with Gasteiger partial charge in [0.2, 0.25) is 0 Å². The molecule has 0 saturated carbocycles. The molecular formula is C54H34N2O. The normalized spacial score (nSPS) is 11.9. The van der Waals surface area contributed by atoms with Gasteiger partial charge in [-0.1, -0.05) is 127 Å². The van der Waals surface area contributed by atoms with Crippen LogP contribution in [0.4, 0.5) is 0 Å². The van der Waals surface area contributed by atoms with E-state index < -0.39 is 0 Å². The molecule has 0 amide bonds. The van der Waals surface area contributed by atoms with Crippen LogP contribution in [0.2, 0.25) is 0 Å². The van der Waals surface area contributed by atoms with Crippen molar-refractivity contribution in [2.75, 3.05) is 0 Å². The van der Waals surface area contributed by atoms with Gasteiger partial charge in [0.15, 0.2) is 0 Å². The summed E-state index contributed by atoms with van der Waals surface area (Å²) in [6.07, 6.45) is 0. The monoisotopic (exact) mass is 726 g/mol. The van der Waals surface area contributed by atoms with Gasteiger partial charge in [-0.25, -0.2) is 0 Å². The van der Waals surface area contributed by atoms with Gasteiger partial charge in [0.05, 0.1) is 22.1 Å². The zero-order valence-corrected chi connectivity index (χ0v) is 30.9. The van der Waals surface area contributed by atoms with E-state index in [0.29, 0.717) is 0 Å². The lowest BCUT2D eigenvalue weighted by Gasteiger charge is -2.15. The van der Waals surface area contributed by atoms with E-state index in [9.17, 15) is 0 Å². The molecule has 0 aliphatic rings. The maximum Gasteiger partial charge on any atom is 0.136 e. The summed E-state index contributed by atoms with van der Waals surface area (Å²) in [5, 5.41) is 7.22. The second kappa shape index (κ2) is 12.5. The molecule has 0 atom stereocenters. The molecule has 57 heavy (non-hydrogen) atoms. The van der Waals surface area contributed by atoms with Crippen molar-refractivity contribution in [3.8, 4) is 44.8 Å². The Kier molecular flexibility index (Phi) is 6.93. The molecular weight excluding hydrogens is 693 g/mol. The van der Waals surface area contributed by atoms with Crippen molar-refractivity contribution in [2.45, 2.75) is 0 Å². The second-order valence-electron chi connectivity index (χ2n) is 14.9. The summed E-state index contributed by atoms with van der Waals surface area (Å²) < 4.78 is 11.2. The van der Waals surface area contributed by atoms with Crippen molar-refractivity contribution in [2.24, 2.45) is 0 Å². The van der Waals surface area contributed by atoms with Crippen LogP contribution in [0.15, 0.2) is 211 Å². The molecule has 3 aromatic heterocycles. The van der Waals surface area contributed by atoms with E-state index in [1.165, 1.54) is 71.6 Å². The molecule has 266 valence electrons. The predicted octanol–water partition coefficient (Wildman–Crippen LogP) is 14.8. The fourth-order valence-corrected chi connectivity index (χ4v) is 9.15. The minimum atomic E-state index is 0.896. The van der Waals surface area contributed by atoms with E-state index in [4.69, 9.17) is 4.42 Å². The Morgan fingerprint density at radius 3 is 1.49 bits per heavy atom. The molecule has 0 spiro atoms. The first kappa shape index (κ1) is 31.7. The Balaban J connectivity index is 1.07. The third-order valence-electron chi connectivity index (χ3n) is 11.7. The van der Waals surface area contributed by atoms with Gasteiger partial charge in [0.25, 0.3) is 0 Å². The number of furan rings is 1. The van der Waals surface area contributed by atoms with Crippen LogP contribution in [-0.2, 0) is 0 Å². The maximum atomic E-state index is 6.35. The van der Waals surface area contributed by atoms with Crippen LogP contribution in [0.1, 0.15) is 0 Å². The average molecular weight is 727 g/mol. The molecule has 0 radical (unpaired) electrons. The van der Waals surface area contributed by atoms with E-state index in [-0.39, 0.29) is 0 Å². The highest BCUT2D eigenvalue weighted by Gasteiger charge is 2.19. The topological polar surface area (TPSA) is 23.0 Å². The van der Waals surface area contributed by atoms with Crippen LogP contribution in [0, 0.1) is 0 Å². The van der Waals surface area contributed by atoms with E-state index in [1.807, 2.05) is 6.07 Å². The molecule has 0 unspecified atom stereocenters. The van der Waals surface area contributed by atoms with E-state index >= 15 is 0 Å². The zero-order chi connectivity index (χ0) is 37.5. The van der Waals surface area contributed by atoms with Crippen molar-refractivity contribution in [1.82, 2.24) is 9.13 Å². The molecule has 9 aromatic carbocycles. The molecule has 0 aliphatic heterocycles. The molecule has 0 fully saturated rings. The van der Waals surface area contributed by atoms with Crippen LogP contribution in [0.3, 0.4) is 0 Å². The summed E-state index contributed by atoms with van der Waals surface area (Å²) in [6.45, 7) is 0. The standard InChI is InChI=1S/C54H34N2O/c1-3-14-35(15-4-1)38-30-39(42-21-13-25-53-54(42)45-20-9-12-24-52(45)57-53)32-41(31-38)56-49-23-11-8-19-44(49)47-34-37(27-29-51(47)56)36-26-28-50-46(33-36)43-18-7-10-22-48(43)55(50)40-16-5-2-6-17-40/h1-34H. The lowest BCUT2D eigenvalue weighted by molar-refractivity contribution is 0.669. The number of fused-ring (bicyclic) bond motifs is 9. The summed E-state index contributed by atoms with van der Waals surface area (Å²) >= 11 is 0. The van der Waals surface area contributed by atoms with Gasteiger partial charge in [-0.2, -0.15) is 0 Å². The van der Waals surface area contributed by atoms with Crippen LogP contribution in [-0.4, -0.2) is 9.13 Å². The van der Waals surface area contributed by atoms with Gasteiger partial charge in [0, 0.05) is 43.7 Å². The molecule has 3 nitrogen and oxygen atoms in total. The van der Waals surface area contributed by atoms with Crippen LogP contribution in [0.25, 0.3) is 110 Å². The number of benzene rings is 9. The summed E-state index contributed by atoms with van der Waals surface area (Å²) in [6, 6.07) is 74.6. The fraction of sp³-hybridized carbons (Fsp3) is 0. The molecule has 3 heteroatoms. The molecule has 12 aromatic rings. The van der Waals surface area contributed by atoms with E-state index in [2.05, 4.69) is 209 Å².